The summed E-state index contributed by atoms with van der Waals surface area (Å²) in [6.45, 7) is 1.36. The van der Waals surface area contributed by atoms with Gasteiger partial charge >= 0.3 is 11.9 Å². The molecule has 0 saturated heterocycles. The fourth-order valence-electron chi connectivity index (χ4n) is 3.15. The van der Waals surface area contributed by atoms with Crippen LogP contribution in [0.1, 0.15) is 11.1 Å². The predicted octanol–water partition coefficient (Wildman–Crippen LogP) is 2.18. The van der Waals surface area contributed by atoms with E-state index in [1.165, 1.54) is 4.90 Å². The van der Waals surface area contributed by atoms with Crippen LogP contribution in [0.4, 0.5) is 0 Å². The predicted molar refractivity (Wildman–Crippen MR) is 112 cm³/mol. The first-order valence-corrected chi connectivity index (χ1v) is 9.53. The summed E-state index contributed by atoms with van der Waals surface area (Å²) in [5.41, 5.74) is 2.08. The molecule has 0 heterocycles. The lowest BCUT2D eigenvalue weighted by Gasteiger charge is -2.26. The third-order valence-electron chi connectivity index (χ3n) is 4.53. The average Bonchev–Trinajstić information content (AvgIpc) is 2.71. The molecule has 162 valence electrons. The lowest BCUT2D eigenvalue weighted by Crippen LogP contribution is -2.40. The van der Waals surface area contributed by atoms with E-state index in [2.05, 4.69) is 4.90 Å². The molecule has 0 aliphatic carbocycles. The Kier molecular flexibility index (Phi) is 9.11. The van der Waals surface area contributed by atoms with Crippen LogP contribution < -0.4 is 9.47 Å². The maximum Gasteiger partial charge on any atom is 0.317 e. The van der Waals surface area contributed by atoms with Gasteiger partial charge in [-0.15, -0.1) is 0 Å². The molecule has 0 radical (unpaired) electrons. The van der Waals surface area contributed by atoms with E-state index in [9.17, 15) is 9.59 Å². The van der Waals surface area contributed by atoms with Gasteiger partial charge in [0.25, 0.3) is 0 Å². The minimum Gasteiger partial charge on any atom is -0.497 e. The second-order valence-electron chi connectivity index (χ2n) is 6.91. The number of benzene rings is 2. The van der Waals surface area contributed by atoms with Gasteiger partial charge in [0.2, 0.25) is 0 Å². The molecule has 2 N–H and O–H groups in total. The van der Waals surface area contributed by atoms with Crippen molar-refractivity contribution in [3.63, 3.8) is 0 Å². The van der Waals surface area contributed by atoms with Gasteiger partial charge in [-0.05, 0) is 35.4 Å². The van der Waals surface area contributed by atoms with Crippen molar-refractivity contribution in [3.8, 4) is 11.5 Å². The molecule has 0 aliphatic heterocycles. The molecule has 8 nitrogen and oxygen atoms in total. The number of rotatable bonds is 13. The van der Waals surface area contributed by atoms with E-state index < -0.39 is 11.9 Å². The quantitative estimate of drug-likeness (QED) is 0.513. The van der Waals surface area contributed by atoms with Crippen molar-refractivity contribution < 1.29 is 29.3 Å². The monoisotopic (exact) mass is 416 g/mol. The van der Waals surface area contributed by atoms with E-state index in [1.807, 2.05) is 48.5 Å². The van der Waals surface area contributed by atoms with Crippen LogP contribution in [-0.4, -0.2) is 72.4 Å². The van der Waals surface area contributed by atoms with Gasteiger partial charge in [-0.1, -0.05) is 24.3 Å². The summed E-state index contributed by atoms with van der Waals surface area (Å²) in [5, 5.41) is 18.1. The molecule has 0 aromatic heterocycles. The fraction of sp³-hybridized carbons (Fsp3) is 0.364. The van der Waals surface area contributed by atoms with E-state index in [-0.39, 0.29) is 13.1 Å². The minimum absolute atomic E-state index is 0.312. The Bertz CT molecular complexity index is 776. The van der Waals surface area contributed by atoms with Gasteiger partial charge in [0.1, 0.15) is 11.5 Å². The molecular weight excluding hydrogens is 388 g/mol. The van der Waals surface area contributed by atoms with Crippen LogP contribution in [0.2, 0.25) is 0 Å². The largest absolute Gasteiger partial charge is 0.497 e. The maximum absolute atomic E-state index is 11.1. The fourth-order valence-corrected chi connectivity index (χ4v) is 3.15. The van der Waals surface area contributed by atoms with Gasteiger partial charge in [0.15, 0.2) is 0 Å². The molecule has 8 heteroatoms. The highest BCUT2D eigenvalue weighted by molar-refractivity contribution is 5.72. The zero-order valence-corrected chi connectivity index (χ0v) is 17.3. The van der Waals surface area contributed by atoms with Crippen molar-refractivity contribution >= 4 is 11.9 Å². The summed E-state index contributed by atoms with van der Waals surface area (Å²) < 4.78 is 10.6. The van der Waals surface area contributed by atoms with Crippen molar-refractivity contribution in [2.75, 3.05) is 40.4 Å². The second kappa shape index (κ2) is 11.8. The van der Waals surface area contributed by atoms with E-state index in [1.54, 1.807) is 14.2 Å². The zero-order valence-electron chi connectivity index (χ0n) is 17.3. The van der Waals surface area contributed by atoms with Gasteiger partial charge in [-0.25, -0.2) is 0 Å². The number of hydrogen-bond acceptors (Lipinski definition) is 6. The summed E-state index contributed by atoms with van der Waals surface area (Å²) in [6.07, 6.45) is 0. The Morgan fingerprint density at radius 3 is 1.60 bits per heavy atom. The number of nitrogens with zero attached hydrogens (tertiary/aromatic N) is 2. The molecule has 0 spiro atoms. The molecule has 0 saturated carbocycles. The number of methoxy groups -OCH3 is 2. The molecule has 2 rings (SSSR count). The van der Waals surface area contributed by atoms with Gasteiger partial charge in [-0.2, -0.15) is 0 Å². The zero-order chi connectivity index (χ0) is 21.9. The first-order chi connectivity index (χ1) is 14.4. The highest BCUT2D eigenvalue weighted by Gasteiger charge is 2.16. The number of carboxylic acid groups (broad SMARTS) is 2. The van der Waals surface area contributed by atoms with Crippen molar-refractivity contribution in [2.24, 2.45) is 0 Å². The van der Waals surface area contributed by atoms with Crippen LogP contribution in [0.15, 0.2) is 48.5 Å². The standard InChI is InChI=1S/C22H28N2O6/c1-29-19-7-3-5-17(11-19)13-23(14-18-6-4-8-20(12-18)30-2)9-10-24(15-21(25)26)16-22(27)28/h3-8,11-12H,9-10,13-16H2,1-2H3,(H,25,26)(H,27,28). The third-order valence-corrected chi connectivity index (χ3v) is 4.53. The number of carbonyl (C=O) groups is 2. The Hall–Kier alpha value is -3.10. The number of aliphatic carboxylic acids is 2. The first kappa shape index (κ1) is 23.2. The Morgan fingerprint density at radius 2 is 1.20 bits per heavy atom. The maximum atomic E-state index is 11.1. The van der Waals surface area contributed by atoms with Crippen molar-refractivity contribution in [2.45, 2.75) is 13.1 Å². The van der Waals surface area contributed by atoms with Crippen molar-refractivity contribution in [3.05, 3.63) is 59.7 Å². The van der Waals surface area contributed by atoms with Crippen LogP contribution in [-0.2, 0) is 22.7 Å². The number of hydrogen-bond donors (Lipinski definition) is 2. The SMILES string of the molecule is COc1cccc(CN(CCN(CC(=O)O)CC(=O)O)Cc2cccc(OC)c2)c1. The first-order valence-electron chi connectivity index (χ1n) is 9.53. The minimum atomic E-state index is -1.05. The molecule has 0 atom stereocenters. The smallest absolute Gasteiger partial charge is 0.317 e. The van der Waals surface area contributed by atoms with E-state index in [0.29, 0.717) is 26.2 Å². The molecule has 0 aliphatic rings. The van der Waals surface area contributed by atoms with Gasteiger partial charge in [0, 0.05) is 26.2 Å². The highest BCUT2D eigenvalue weighted by Crippen LogP contribution is 2.18. The van der Waals surface area contributed by atoms with Crippen LogP contribution in [0.3, 0.4) is 0 Å². The summed E-state index contributed by atoms with van der Waals surface area (Å²) in [6, 6.07) is 15.5. The second-order valence-corrected chi connectivity index (χ2v) is 6.91. The van der Waals surface area contributed by atoms with Crippen LogP contribution in [0.5, 0.6) is 11.5 Å². The Balaban J connectivity index is 2.15. The summed E-state index contributed by atoms with van der Waals surface area (Å²) in [5.74, 6) is -0.591. The van der Waals surface area contributed by atoms with Gasteiger partial charge in [0.05, 0.1) is 27.3 Å². The molecule has 30 heavy (non-hydrogen) atoms. The molecule has 2 aromatic carbocycles. The summed E-state index contributed by atoms with van der Waals surface area (Å²) >= 11 is 0. The summed E-state index contributed by atoms with van der Waals surface area (Å²) in [7, 11) is 3.23. The number of carboxylic acids is 2. The van der Waals surface area contributed by atoms with Crippen LogP contribution >= 0.6 is 0 Å². The van der Waals surface area contributed by atoms with Crippen LogP contribution in [0, 0.1) is 0 Å². The average molecular weight is 416 g/mol. The highest BCUT2D eigenvalue weighted by atomic mass is 16.5. The van der Waals surface area contributed by atoms with Gasteiger partial charge < -0.3 is 19.7 Å². The Morgan fingerprint density at radius 1 is 0.767 bits per heavy atom. The van der Waals surface area contributed by atoms with E-state index in [4.69, 9.17) is 19.7 Å². The Labute approximate surface area is 176 Å². The van der Waals surface area contributed by atoms with E-state index in [0.717, 1.165) is 22.6 Å². The molecule has 2 aromatic rings. The molecule has 0 amide bonds. The molecule has 0 unspecified atom stereocenters. The third kappa shape index (κ3) is 8.10. The molecule has 0 bridgehead atoms. The van der Waals surface area contributed by atoms with Crippen LogP contribution in [0.25, 0.3) is 0 Å². The normalized spacial score (nSPS) is 10.9. The molecular formula is C22H28N2O6. The van der Waals surface area contributed by atoms with Gasteiger partial charge in [-0.3, -0.25) is 19.4 Å². The van der Waals surface area contributed by atoms with Crippen molar-refractivity contribution in [1.29, 1.82) is 0 Å². The molecule has 0 fully saturated rings. The summed E-state index contributed by atoms with van der Waals surface area (Å²) in [4.78, 5) is 25.7. The van der Waals surface area contributed by atoms with Crippen molar-refractivity contribution in [1.82, 2.24) is 9.80 Å². The lowest BCUT2D eigenvalue weighted by molar-refractivity contribution is -0.141. The lowest BCUT2D eigenvalue weighted by atomic mass is 10.1. The topological polar surface area (TPSA) is 99.5 Å². The van der Waals surface area contributed by atoms with E-state index >= 15 is 0 Å². The number of ether oxygens (including phenoxy) is 2.